The normalized spacial score (nSPS) is 15.6. The zero-order valence-electron chi connectivity index (χ0n) is 11.6. The van der Waals surface area contributed by atoms with Crippen molar-refractivity contribution in [2.45, 2.75) is 25.2 Å². The van der Waals surface area contributed by atoms with Crippen LogP contribution in [0.3, 0.4) is 0 Å². The molecule has 0 aliphatic heterocycles. The maximum absolute atomic E-state index is 12.7. The van der Waals surface area contributed by atoms with Crippen molar-refractivity contribution in [1.82, 2.24) is 0 Å². The molecule has 1 aliphatic carbocycles. The first kappa shape index (κ1) is 14.4. The Morgan fingerprint density at radius 2 is 1.76 bits per heavy atom. The summed E-state index contributed by atoms with van der Waals surface area (Å²) in [7, 11) is 0. The molecular weight excluding hydrogens is 305 g/mol. The van der Waals surface area contributed by atoms with Crippen molar-refractivity contribution in [3.8, 4) is 0 Å². The summed E-state index contributed by atoms with van der Waals surface area (Å²) in [6.07, 6.45) is 1.72. The van der Waals surface area contributed by atoms with E-state index in [1.54, 1.807) is 0 Å². The Labute approximate surface area is 134 Å². The first-order chi connectivity index (χ1) is 10.0. The fourth-order valence-electron chi connectivity index (χ4n) is 2.53. The van der Waals surface area contributed by atoms with Gasteiger partial charge in [0.15, 0.2) is 0 Å². The monoisotopic (exact) mass is 319 g/mol. The number of carbonyl (C=O) groups excluding carboxylic acids is 1. The van der Waals surface area contributed by atoms with Crippen LogP contribution in [0.1, 0.15) is 24.0 Å². The van der Waals surface area contributed by atoms with Crippen molar-refractivity contribution in [3.05, 3.63) is 63.6 Å². The standard InChI is InChI=1S/C17H15Cl2NO/c1-11-14(19)3-2-4-15(11)20-16(21)17(9-10-17)12-5-7-13(18)8-6-12/h2-8H,9-10H2,1H3,(H,20,21). The van der Waals surface area contributed by atoms with E-state index in [0.29, 0.717) is 10.0 Å². The van der Waals surface area contributed by atoms with Gasteiger partial charge < -0.3 is 5.32 Å². The number of anilines is 1. The summed E-state index contributed by atoms with van der Waals surface area (Å²) in [5, 5.41) is 4.35. The van der Waals surface area contributed by atoms with E-state index in [-0.39, 0.29) is 5.91 Å². The first-order valence-corrected chi connectivity index (χ1v) is 7.61. The molecule has 1 aliphatic rings. The maximum Gasteiger partial charge on any atom is 0.235 e. The molecule has 4 heteroatoms. The smallest absolute Gasteiger partial charge is 0.235 e. The van der Waals surface area contributed by atoms with Crippen LogP contribution in [0, 0.1) is 6.92 Å². The van der Waals surface area contributed by atoms with Crippen LogP contribution in [-0.2, 0) is 10.2 Å². The highest BCUT2D eigenvalue weighted by molar-refractivity contribution is 6.32. The van der Waals surface area contributed by atoms with Gasteiger partial charge in [0, 0.05) is 15.7 Å². The predicted molar refractivity (Wildman–Crippen MR) is 87.2 cm³/mol. The van der Waals surface area contributed by atoms with Crippen LogP contribution in [0.15, 0.2) is 42.5 Å². The van der Waals surface area contributed by atoms with Crippen LogP contribution in [0.25, 0.3) is 0 Å². The van der Waals surface area contributed by atoms with Gasteiger partial charge in [-0.2, -0.15) is 0 Å². The summed E-state index contributed by atoms with van der Waals surface area (Å²) in [5.41, 5.74) is 2.26. The number of benzene rings is 2. The van der Waals surface area contributed by atoms with Crippen molar-refractivity contribution < 1.29 is 4.79 Å². The van der Waals surface area contributed by atoms with Crippen LogP contribution in [0.4, 0.5) is 5.69 Å². The van der Waals surface area contributed by atoms with Gasteiger partial charge in [-0.15, -0.1) is 0 Å². The minimum Gasteiger partial charge on any atom is -0.325 e. The number of nitrogens with one attached hydrogen (secondary N) is 1. The van der Waals surface area contributed by atoms with E-state index >= 15 is 0 Å². The Balaban J connectivity index is 1.85. The van der Waals surface area contributed by atoms with Crippen LogP contribution in [0.2, 0.25) is 10.0 Å². The quantitative estimate of drug-likeness (QED) is 0.850. The summed E-state index contributed by atoms with van der Waals surface area (Å²) in [6, 6.07) is 13.0. The van der Waals surface area contributed by atoms with E-state index in [1.807, 2.05) is 49.4 Å². The molecule has 1 amide bonds. The molecule has 0 aromatic heterocycles. The largest absolute Gasteiger partial charge is 0.325 e. The molecule has 0 spiro atoms. The average Bonchev–Trinajstić information content (AvgIpc) is 3.26. The minimum absolute atomic E-state index is 0.0233. The second-order valence-electron chi connectivity index (χ2n) is 5.46. The molecule has 1 saturated carbocycles. The zero-order valence-corrected chi connectivity index (χ0v) is 13.1. The third kappa shape index (κ3) is 2.66. The molecule has 21 heavy (non-hydrogen) atoms. The van der Waals surface area contributed by atoms with Crippen LogP contribution in [0.5, 0.6) is 0 Å². The lowest BCUT2D eigenvalue weighted by Crippen LogP contribution is -2.28. The number of rotatable bonds is 3. The van der Waals surface area contributed by atoms with Crippen molar-refractivity contribution in [3.63, 3.8) is 0 Å². The van der Waals surface area contributed by atoms with E-state index in [4.69, 9.17) is 23.2 Å². The van der Waals surface area contributed by atoms with E-state index in [9.17, 15) is 4.79 Å². The molecule has 2 aromatic rings. The highest BCUT2D eigenvalue weighted by atomic mass is 35.5. The second-order valence-corrected chi connectivity index (χ2v) is 6.30. The molecule has 1 fully saturated rings. The highest BCUT2D eigenvalue weighted by Crippen LogP contribution is 2.49. The minimum atomic E-state index is -0.417. The fourth-order valence-corrected chi connectivity index (χ4v) is 2.83. The molecule has 0 heterocycles. The predicted octanol–water partition coefficient (Wildman–Crippen LogP) is 4.97. The fraction of sp³-hybridized carbons (Fsp3) is 0.235. The van der Waals surface area contributed by atoms with Crippen LogP contribution < -0.4 is 5.32 Å². The molecule has 0 saturated heterocycles. The summed E-state index contributed by atoms with van der Waals surface area (Å²) in [4.78, 5) is 12.7. The number of halogens is 2. The molecule has 2 nitrogen and oxygen atoms in total. The molecule has 0 atom stereocenters. The molecule has 108 valence electrons. The van der Waals surface area contributed by atoms with Crippen LogP contribution >= 0.6 is 23.2 Å². The first-order valence-electron chi connectivity index (χ1n) is 6.85. The maximum atomic E-state index is 12.7. The van der Waals surface area contributed by atoms with E-state index < -0.39 is 5.41 Å². The summed E-state index contributed by atoms with van der Waals surface area (Å²) >= 11 is 12.0. The van der Waals surface area contributed by atoms with Gasteiger partial charge in [0.25, 0.3) is 0 Å². The van der Waals surface area contributed by atoms with Gasteiger partial charge in [-0.25, -0.2) is 0 Å². The average molecular weight is 320 g/mol. The Morgan fingerprint density at radius 1 is 1.10 bits per heavy atom. The number of amides is 1. The number of hydrogen-bond donors (Lipinski definition) is 1. The summed E-state index contributed by atoms with van der Waals surface area (Å²) in [5.74, 6) is 0.0233. The molecular formula is C17H15Cl2NO. The summed E-state index contributed by atoms with van der Waals surface area (Å²) < 4.78 is 0. The van der Waals surface area contributed by atoms with Crippen LogP contribution in [-0.4, -0.2) is 5.91 Å². The summed E-state index contributed by atoms with van der Waals surface area (Å²) in [6.45, 7) is 1.90. The topological polar surface area (TPSA) is 29.1 Å². The van der Waals surface area contributed by atoms with Gasteiger partial charge in [0.2, 0.25) is 5.91 Å². The van der Waals surface area contributed by atoms with Gasteiger partial charge in [0.05, 0.1) is 5.41 Å². The van der Waals surface area contributed by atoms with E-state index in [1.165, 1.54) is 0 Å². The van der Waals surface area contributed by atoms with Gasteiger partial charge in [-0.3, -0.25) is 4.79 Å². The van der Waals surface area contributed by atoms with Crippen molar-refractivity contribution in [2.75, 3.05) is 5.32 Å². The second kappa shape index (κ2) is 5.36. The Morgan fingerprint density at radius 3 is 2.38 bits per heavy atom. The van der Waals surface area contributed by atoms with Gasteiger partial charge >= 0.3 is 0 Å². The van der Waals surface area contributed by atoms with E-state index in [2.05, 4.69) is 5.32 Å². The zero-order chi connectivity index (χ0) is 15.0. The van der Waals surface area contributed by atoms with Gasteiger partial charge in [0.1, 0.15) is 0 Å². The van der Waals surface area contributed by atoms with Crippen molar-refractivity contribution in [1.29, 1.82) is 0 Å². The highest BCUT2D eigenvalue weighted by Gasteiger charge is 2.51. The molecule has 0 bridgehead atoms. The lowest BCUT2D eigenvalue weighted by Gasteiger charge is -2.17. The SMILES string of the molecule is Cc1c(Cl)cccc1NC(=O)C1(c2ccc(Cl)cc2)CC1. The Bertz CT molecular complexity index is 690. The molecule has 1 N–H and O–H groups in total. The van der Waals surface area contributed by atoms with Gasteiger partial charge in [-0.05, 0) is 55.2 Å². The van der Waals surface area contributed by atoms with Gasteiger partial charge in [-0.1, -0.05) is 41.4 Å². The lowest BCUT2D eigenvalue weighted by molar-refractivity contribution is -0.118. The Kier molecular flexibility index (Phi) is 3.68. The third-order valence-electron chi connectivity index (χ3n) is 4.10. The van der Waals surface area contributed by atoms with E-state index in [0.717, 1.165) is 29.7 Å². The Hall–Kier alpha value is -1.51. The number of carbonyl (C=O) groups is 1. The third-order valence-corrected chi connectivity index (χ3v) is 4.76. The van der Waals surface area contributed by atoms with Crippen molar-refractivity contribution >= 4 is 34.8 Å². The molecule has 3 rings (SSSR count). The van der Waals surface area contributed by atoms with Crippen molar-refractivity contribution in [2.24, 2.45) is 0 Å². The number of hydrogen-bond acceptors (Lipinski definition) is 1. The lowest BCUT2D eigenvalue weighted by atomic mass is 9.95. The molecule has 0 radical (unpaired) electrons. The molecule has 2 aromatic carbocycles. The molecule has 0 unspecified atom stereocenters.